The van der Waals surface area contributed by atoms with Gasteiger partial charge in [0, 0.05) is 6.07 Å². The fraction of sp³-hybridized carbons (Fsp3) is 0.217. The fourth-order valence-corrected chi connectivity index (χ4v) is 4.86. The molecule has 4 nitrogen and oxygen atoms in total. The van der Waals surface area contributed by atoms with Crippen molar-refractivity contribution < 1.29 is 13.2 Å². The van der Waals surface area contributed by atoms with E-state index >= 15 is 0 Å². The van der Waals surface area contributed by atoms with Crippen molar-refractivity contribution in [1.29, 1.82) is 0 Å². The number of benzene rings is 3. The molecule has 3 rings (SSSR count). The van der Waals surface area contributed by atoms with E-state index in [1.807, 2.05) is 69.3 Å². The molecule has 5 heteroatoms. The molecule has 0 aliphatic heterocycles. The van der Waals surface area contributed by atoms with Crippen LogP contribution in [0.2, 0.25) is 0 Å². The predicted molar refractivity (Wildman–Crippen MR) is 113 cm³/mol. The first kappa shape index (κ1) is 20.0. The molecule has 0 bridgehead atoms. The molecule has 0 N–H and O–H groups in total. The topological polar surface area (TPSA) is 46.6 Å². The predicted octanol–water partition coefficient (Wildman–Crippen LogP) is 5.27. The number of aryl methyl sites for hydroxylation is 2. The number of anilines is 1. The van der Waals surface area contributed by atoms with Crippen LogP contribution in [0.25, 0.3) is 0 Å². The zero-order valence-corrected chi connectivity index (χ0v) is 17.4. The van der Waals surface area contributed by atoms with Gasteiger partial charge in [-0.25, -0.2) is 8.42 Å². The van der Waals surface area contributed by atoms with E-state index in [4.69, 9.17) is 4.74 Å². The molecule has 0 saturated heterocycles. The molecule has 0 amide bonds. The van der Waals surface area contributed by atoms with E-state index < -0.39 is 10.0 Å². The highest BCUT2D eigenvalue weighted by molar-refractivity contribution is 7.92. The minimum atomic E-state index is -3.81. The summed E-state index contributed by atoms with van der Waals surface area (Å²) in [5, 5.41) is 0. The van der Waals surface area contributed by atoms with Crippen LogP contribution < -0.4 is 9.04 Å². The van der Waals surface area contributed by atoms with Crippen molar-refractivity contribution in [3.63, 3.8) is 0 Å². The van der Waals surface area contributed by atoms with Gasteiger partial charge in [0.15, 0.2) is 0 Å². The van der Waals surface area contributed by atoms with Crippen LogP contribution >= 0.6 is 0 Å². The molecule has 0 unspecified atom stereocenters. The van der Waals surface area contributed by atoms with E-state index in [1.165, 1.54) is 11.4 Å². The minimum absolute atomic E-state index is 0.201. The second-order valence-corrected chi connectivity index (χ2v) is 8.72. The minimum Gasteiger partial charge on any atom is -0.497 e. The SMILES string of the molecule is COc1cccc(S(=O)(=O)N(c2cccc(C)c2)[C@H](C)c2ccc(C)cc2)c1. The lowest BCUT2D eigenvalue weighted by Crippen LogP contribution is -2.33. The van der Waals surface area contributed by atoms with Gasteiger partial charge in [0.25, 0.3) is 10.0 Å². The summed E-state index contributed by atoms with van der Waals surface area (Å²) in [5.74, 6) is 0.508. The third-order valence-corrected chi connectivity index (χ3v) is 6.66. The maximum Gasteiger partial charge on any atom is 0.265 e. The Morgan fingerprint density at radius 2 is 1.54 bits per heavy atom. The first-order chi connectivity index (χ1) is 13.3. The molecule has 0 aromatic heterocycles. The summed E-state index contributed by atoms with van der Waals surface area (Å²) in [5.41, 5.74) is 3.70. The van der Waals surface area contributed by atoms with Crippen molar-refractivity contribution in [1.82, 2.24) is 0 Å². The summed E-state index contributed by atoms with van der Waals surface area (Å²) in [6.07, 6.45) is 0. The lowest BCUT2D eigenvalue weighted by atomic mass is 10.1. The van der Waals surface area contributed by atoms with E-state index in [0.717, 1.165) is 16.7 Å². The van der Waals surface area contributed by atoms with Crippen LogP contribution in [0, 0.1) is 13.8 Å². The maximum absolute atomic E-state index is 13.7. The van der Waals surface area contributed by atoms with Gasteiger partial charge in [-0.1, -0.05) is 48.0 Å². The van der Waals surface area contributed by atoms with Gasteiger partial charge in [-0.05, 0) is 56.2 Å². The Morgan fingerprint density at radius 1 is 0.857 bits per heavy atom. The van der Waals surface area contributed by atoms with Gasteiger partial charge in [0.1, 0.15) is 5.75 Å². The molecular formula is C23H25NO3S. The Bertz CT molecular complexity index is 1060. The van der Waals surface area contributed by atoms with Crippen LogP contribution in [-0.2, 0) is 10.0 Å². The Balaban J connectivity index is 2.16. The number of methoxy groups -OCH3 is 1. The molecule has 0 aliphatic rings. The van der Waals surface area contributed by atoms with E-state index in [2.05, 4.69) is 0 Å². The van der Waals surface area contributed by atoms with Crippen LogP contribution in [0.3, 0.4) is 0 Å². The Hall–Kier alpha value is -2.79. The van der Waals surface area contributed by atoms with Gasteiger partial charge in [-0.2, -0.15) is 0 Å². The Labute approximate surface area is 167 Å². The van der Waals surface area contributed by atoms with Crippen molar-refractivity contribution in [2.45, 2.75) is 31.7 Å². The third kappa shape index (κ3) is 4.04. The van der Waals surface area contributed by atoms with Gasteiger partial charge in [0.2, 0.25) is 0 Å². The molecule has 1 atom stereocenters. The van der Waals surface area contributed by atoms with Crippen molar-refractivity contribution in [2.24, 2.45) is 0 Å². The number of hydrogen-bond acceptors (Lipinski definition) is 3. The molecule has 28 heavy (non-hydrogen) atoms. The van der Waals surface area contributed by atoms with Crippen molar-refractivity contribution in [3.8, 4) is 5.75 Å². The molecule has 3 aromatic carbocycles. The Morgan fingerprint density at radius 3 is 2.18 bits per heavy atom. The van der Waals surface area contributed by atoms with Gasteiger partial charge < -0.3 is 4.74 Å². The zero-order chi connectivity index (χ0) is 20.3. The normalized spacial score (nSPS) is 12.4. The monoisotopic (exact) mass is 395 g/mol. The number of nitrogens with zero attached hydrogens (tertiary/aromatic N) is 1. The average Bonchev–Trinajstić information content (AvgIpc) is 2.68. The van der Waals surface area contributed by atoms with Crippen molar-refractivity contribution in [3.05, 3.63) is 89.5 Å². The molecule has 0 spiro atoms. The third-order valence-electron chi connectivity index (χ3n) is 4.77. The smallest absolute Gasteiger partial charge is 0.265 e. The van der Waals surface area contributed by atoms with E-state index in [-0.39, 0.29) is 10.9 Å². The highest BCUT2D eigenvalue weighted by atomic mass is 32.2. The number of ether oxygens (including phenoxy) is 1. The summed E-state index contributed by atoms with van der Waals surface area (Å²) in [4.78, 5) is 0.201. The first-order valence-corrected chi connectivity index (χ1v) is 10.6. The number of rotatable bonds is 6. The van der Waals surface area contributed by atoms with Crippen molar-refractivity contribution >= 4 is 15.7 Å². The van der Waals surface area contributed by atoms with E-state index in [9.17, 15) is 8.42 Å². The lowest BCUT2D eigenvalue weighted by molar-refractivity contribution is 0.413. The molecule has 3 aromatic rings. The van der Waals surface area contributed by atoms with E-state index in [1.54, 1.807) is 24.3 Å². The molecule has 0 fully saturated rings. The molecule has 0 saturated carbocycles. The summed E-state index contributed by atoms with van der Waals surface area (Å²) in [7, 11) is -2.28. The first-order valence-electron chi connectivity index (χ1n) is 9.14. The molecular weight excluding hydrogens is 370 g/mol. The van der Waals surface area contributed by atoms with Crippen LogP contribution in [0.15, 0.2) is 77.7 Å². The summed E-state index contributed by atoms with van der Waals surface area (Å²) < 4.78 is 34.0. The summed E-state index contributed by atoms with van der Waals surface area (Å²) >= 11 is 0. The van der Waals surface area contributed by atoms with Crippen molar-refractivity contribution in [2.75, 3.05) is 11.4 Å². The second-order valence-electron chi connectivity index (χ2n) is 6.91. The fourth-order valence-electron chi connectivity index (χ4n) is 3.19. The quantitative estimate of drug-likeness (QED) is 0.571. The highest BCUT2D eigenvalue weighted by Crippen LogP contribution is 2.34. The zero-order valence-electron chi connectivity index (χ0n) is 16.6. The highest BCUT2D eigenvalue weighted by Gasteiger charge is 2.30. The van der Waals surface area contributed by atoms with Gasteiger partial charge in [-0.3, -0.25) is 4.31 Å². The second kappa shape index (κ2) is 8.07. The molecule has 0 aliphatic carbocycles. The molecule has 0 heterocycles. The largest absolute Gasteiger partial charge is 0.497 e. The van der Waals surface area contributed by atoms with Crippen LogP contribution in [0.5, 0.6) is 5.75 Å². The molecule has 146 valence electrons. The summed E-state index contributed by atoms with van der Waals surface area (Å²) in [6.45, 7) is 5.88. The van der Waals surface area contributed by atoms with Gasteiger partial charge in [-0.15, -0.1) is 0 Å². The summed E-state index contributed by atoms with van der Waals surface area (Å²) in [6, 6.07) is 21.7. The molecule has 0 radical (unpaired) electrons. The lowest BCUT2D eigenvalue weighted by Gasteiger charge is -2.31. The van der Waals surface area contributed by atoms with Crippen LogP contribution in [0.1, 0.15) is 29.7 Å². The van der Waals surface area contributed by atoms with E-state index in [0.29, 0.717) is 11.4 Å². The standard InChI is InChI=1S/C23H25NO3S/c1-17-11-13-20(14-12-17)19(3)24(21-8-5-7-18(2)15-21)28(25,26)23-10-6-9-22(16-23)27-4/h5-16,19H,1-4H3/t19-/m1/s1. The maximum atomic E-state index is 13.7. The van der Waals surface area contributed by atoms with Crippen LogP contribution in [0.4, 0.5) is 5.69 Å². The van der Waals surface area contributed by atoms with Crippen LogP contribution in [-0.4, -0.2) is 15.5 Å². The number of sulfonamides is 1. The Kier molecular flexibility index (Phi) is 5.75. The average molecular weight is 396 g/mol. The number of hydrogen-bond donors (Lipinski definition) is 0. The van der Waals surface area contributed by atoms with Gasteiger partial charge in [0.05, 0.1) is 23.7 Å². The van der Waals surface area contributed by atoms with Gasteiger partial charge >= 0.3 is 0 Å².